The SMILES string of the molecule is O=C(O)C1CC(Cl)(c2cccc(F)c2)C1. The van der Waals surface area contributed by atoms with Gasteiger partial charge in [0.15, 0.2) is 0 Å². The van der Waals surface area contributed by atoms with Crippen molar-refractivity contribution < 1.29 is 14.3 Å². The molecule has 0 aliphatic heterocycles. The summed E-state index contributed by atoms with van der Waals surface area (Å²) < 4.78 is 12.9. The molecule has 0 bridgehead atoms. The molecule has 80 valence electrons. The van der Waals surface area contributed by atoms with Gasteiger partial charge in [-0.15, -0.1) is 11.6 Å². The molecule has 1 N–H and O–H groups in total. The number of halogens is 2. The summed E-state index contributed by atoms with van der Waals surface area (Å²) in [6, 6.07) is 6.03. The van der Waals surface area contributed by atoms with Crippen LogP contribution in [0, 0.1) is 11.7 Å². The number of alkyl halides is 1. The van der Waals surface area contributed by atoms with Crippen molar-refractivity contribution in [2.75, 3.05) is 0 Å². The maximum Gasteiger partial charge on any atom is 0.306 e. The van der Waals surface area contributed by atoms with E-state index in [0.717, 1.165) is 0 Å². The molecule has 4 heteroatoms. The topological polar surface area (TPSA) is 37.3 Å². The number of carboxylic acid groups (broad SMARTS) is 1. The summed E-state index contributed by atoms with van der Waals surface area (Å²) in [6.07, 6.45) is 0.737. The van der Waals surface area contributed by atoms with Crippen LogP contribution in [0.25, 0.3) is 0 Å². The zero-order valence-corrected chi connectivity index (χ0v) is 8.67. The molecule has 0 saturated heterocycles. The summed E-state index contributed by atoms with van der Waals surface area (Å²) in [7, 11) is 0. The fraction of sp³-hybridized carbons (Fsp3) is 0.364. The summed E-state index contributed by atoms with van der Waals surface area (Å²) in [5, 5.41) is 8.73. The highest BCUT2D eigenvalue weighted by Gasteiger charge is 2.47. The van der Waals surface area contributed by atoms with E-state index in [-0.39, 0.29) is 5.82 Å². The van der Waals surface area contributed by atoms with E-state index in [1.54, 1.807) is 12.1 Å². The van der Waals surface area contributed by atoms with Crippen LogP contribution in [0.3, 0.4) is 0 Å². The molecule has 15 heavy (non-hydrogen) atoms. The van der Waals surface area contributed by atoms with Gasteiger partial charge >= 0.3 is 5.97 Å². The van der Waals surface area contributed by atoms with Crippen LogP contribution in [0.4, 0.5) is 4.39 Å². The molecule has 2 rings (SSSR count). The quantitative estimate of drug-likeness (QED) is 0.791. The predicted molar refractivity (Wildman–Crippen MR) is 54.3 cm³/mol. The zero-order chi connectivity index (χ0) is 11.1. The van der Waals surface area contributed by atoms with Gasteiger partial charge < -0.3 is 5.11 Å². The minimum absolute atomic E-state index is 0.341. The first-order valence-corrected chi connectivity index (χ1v) is 5.07. The third-order valence-corrected chi connectivity index (χ3v) is 3.36. The fourth-order valence-electron chi connectivity index (χ4n) is 1.90. The standard InChI is InChI=1S/C11H10ClFO2/c12-11(5-7(6-11)10(14)15)8-2-1-3-9(13)4-8/h1-4,7H,5-6H2,(H,14,15). The van der Waals surface area contributed by atoms with E-state index in [1.165, 1.54) is 12.1 Å². The highest BCUT2D eigenvalue weighted by atomic mass is 35.5. The third-order valence-electron chi connectivity index (χ3n) is 2.83. The van der Waals surface area contributed by atoms with Crippen molar-refractivity contribution in [3.8, 4) is 0 Å². The first kappa shape index (κ1) is 10.4. The van der Waals surface area contributed by atoms with Crippen LogP contribution >= 0.6 is 11.6 Å². The monoisotopic (exact) mass is 228 g/mol. The number of aliphatic carboxylic acids is 1. The first-order valence-electron chi connectivity index (χ1n) is 4.69. The van der Waals surface area contributed by atoms with Crippen LogP contribution in [0.5, 0.6) is 0 Å². The van der Waals surface area contributed by atoms with Crippen molar-refractivity contribution in [2.24, 2.45) is 5.92 Å². The van der Waals surface area contributed by atoms with Crippen LogP contribution in [-0.4, -0.2) is 11.1 Å². The second-order valence-corrected chi connectivity index (χ2v) is 4.64. The molecule has 0 atom stereocenters. The van der Waals surface area contributed by atoms with Gasteiger partial charge in [-0.05, 0) is 30.5 Å². The van der Waals surface area contributed by atoms with Crippen LogP contribution in [0.15, 0.2) is 24.3 Å². The van der Waals surface area contributed by atoms with Crippen LogP contribution in [0.2, 0.25) is 0 Å². The van der Waals surface area contributed by atoms with Gasteiger partial charge in [0, 0.05) is 0 Å². The second kappa shape index (κ2) is 3.49. The molecule has 0 radical (unpaired) electrons. The van der Waals surface area contributed by atoms with E-state index < -0.39 is 16.8 Å². The Bertz CT molecular complexity index is 399. The lowest BCUT2D eigenvalue weighted by Gasteiger charge is -2.41. The number of carbonyl (C=O) groups is 1. The van der Waals surface area contributed by atoms with Crippen molar-refractivity contribution in [1.29, 1.82) is 0 Å². The number of carboxylic acids is 1. The van der Waals surface area contributed by atoms with Crippen molar-refractivity contribution in [3.05, 3.63) is 35.6 Å². The Kier molecular flexibility index (Phi) is 2.43. The Labute approximate surface area is 91.7 Å². The van der Waals surface area contributed by atoms with Gasteiger partial charge in [-0.2, -0.15) is 0 Å². The molecular weight excluding hydrogens is 219 g/mol. The van der Waals surface area contributed by atoms with Gasteiger partial charge in [-0.3, -0.25) is 4.79 Å². The fourth-order valence-corrected chi connectivity index (χ4v) is 2.39. The predicted octanol–water partition coefficient (Wildman–Crippen LogP) is 2.75. The first-order chi connectivity index (χ1) is 7.01. The number of hydrogen-bond donors (Lipinski definition) is 1. The van der Waals surface area contributed by atoms with Gasteiger partial charge in [0.2, 0.25) is 0 Å². The highest BCUT2D eigenvalue weighted by molar-refractivity contribution is 6.25. The summed E-state index contributed by atoms with van der Waals surface area (Å²) in [4.78, 5) is 9.95. The van der Waals surface area contributed by atoms with E-state index in [4.69, 9.17) is 16.7 Å². The zero-order valence-electron chi connectivity index (χ0n) is 7.91. The molecule has 0 heterocycles. The Hall–Kier alpha value is -1.09. The van der Waals surface area contributed by atoms with Crippen molar-refractivity contribution >= 4 is 17.6 Å². The van der Waals surface area contributed by atoms with Crippen LogP contribution in [-0.2, 0) is 9.67 Å². The molecule has 1 aliphatic carbocycles. The van der Waals surface area contributed by atoms with Crippen molar-refractivity contribution in [2.45, 2.75) is 17.7 Å². The second-order valence-electron chi connectivity index (χ2n) is 3.92. The smallest absolute Gasteiger partial charge is 0.306 e. The van der Waals surface area contributed by atoms with E-state index in [2.05, 4.69) is 0 Å². The van der Waals surface area contributed by atoms with Crippen molar-refractivity contribution in [1.82, 2.24) is 0 Å². The number of hydrogen-bond acceptors (Lipinski definition) is 1. The largest absolute Gasteiger partial charge is 0.481 e. The lowest BCUT2D eigenvalue weighted by atomic mass is 9.70. The number of benzene rings is 1. The third kappa shape index (κ3) is 1.84. The lowest BCUT2D eigenvalue weighted by Crippen LogP contribution is -2.40. The van der Waals surface area contributed by atoms with Crippen molar-refractivity contribution in [3.63, 3.8) is 0 Å². The maximum absolute atomic E-state index is 12.9. The molecule has 2 nitrogen and oxygen atoms in total. The molecule has 1 saturated carbocycles. The van der Waals surface area contributed by atoms with Gasteiger partial charge in [0.25, 0.3) is 0 Å². The summed E-state index contributed by atoms with van der Waals surface area (Å²) in [6.45, 7) is 0. The summed E-state index contributed by atoms with van der Waals surface area (Å²) >= 11 is 6.21. The van der Waals surface area contributed by atoms with Crippen LogP contribution < -0.4 is 0 Å². The average molecular weight is 229 g/mol. The van der Waals surface area contributed by atoms with E-state index in [0.29, 0.717) is 18.4 Å². The molecule has 1 aromatic rings. The maximum atomic E-state index is 12.9. The Morgan fingerprint density at radius 3 is 2.73 bits per heavy atom. The number of rotatable bonds is 2. The van der Waals surface area contributed by atoms with E-state index in [1.807, 2.05) is 0 Å². The highest BCUT2D eigenvalue weighted by Crippen LogP contribution is 2.51. The average Bonchev–Trinajstić information content (AvgIpc) is 2.12. The van der Waals surface area contributed by atoms with Gasteiger partial charge in [-0.25, -0.2) is 4.39 Å². The minimum Gasteiger partial charge on any atom is -0.481 e. The normalized spacial score (nSPS) is 29.6. The summed E-state index contributed by atoms with van der Waals surface area (Å²) in [5.74, 6) is -1.57. The lowest BCUT2D eigenvalue weighted by molar-refractivity contribution is -0.145. The van der Waals surface area contributed by atoms with Crippen LogP contribution in [0.1, 0.15) is 18.4 Å². The van der Waals surface area contributed by atoms with E-state index >= 15 is 0 Å². The Morgan fingerprint density at radius 1 is 1.53 bits per heavy atom. The van der Waals surface area contributed by atoms with Gasteiger partial charge in [-0.1, -0.05) is 12.1 Å². The Morgan fingerprint density at radius 2 is 2.20 bits per heavy atom. The van der Waals surface area contributed by atoms with Gasteiger partial charge in [0.1, 0.15) is 5.82 Å². The molecular formula is C11H10ClFO2. The minimum atomic E-state index is -0.831. The molecule has 1 aromatic carbocycles. The molecule has 0 aromatic heterocycles. The summed E-state index contributed by atoms with van der Waals surface area (Å²) in [5.41, 5.74) is 0.668. The molecule has 0 spiro atoms. The molecule has 0 amide bonds. The molecule has 1 aliphatic rings. The molecule has 0 unspecified atom stereocenters. The van der Waals surface area contributed by atoms with Gasteiger partial charge in [0.05, 0.1) is 10.8 Å². The molecule has 1 fully saturated rings. The Balaban J connectivity index is 2.16. The van der Waals surface area contributed by atoms with E-state index in [9.17, 15) is 9.18 Å².